The Balaban J connectivity index is 1.08. The Morgan fingerprint density at radius 1 is 1.00 bits per heavy atom. The average molecular weight is 488 g/mol. The van der Waals surface area contributed by atoms with Gasteiger partial charge in [0.2, 0.25) is 17.6 Å². The zero-order chi connectivity index (χ0) is 24.9. The molecule has 1 aromatic heterocycles. The molecule has 3 heterocycles. The lowest BCUT2D eigenvalue weighted by Gasteiger charge is -2.32. The van der Waals surface area contributed by atoms with Crippen molar-refractivity contribution in [3.8, 4) is 11.4 Å². The predicted octanol–water partition coefficient (Wildman–Crippen LogP) is 5.06. The number of carbonyl (C=O) groups is 1. The molecule has 0 radical (unpaired) electrons. The number of benzene rings is 2. The molecule has 7 heteroatoms. The standard InChI is InChI=1S/C29H37N5O2/c1-21-12-18-34(19-13-21)26-10-8-23(9-11-26)22(2)30-29(35)25-14-16-33(17-15-25)20-27-31-28(32-36-27)24-6-4-3-5-7-24/h3-11,21-22,25H,12-20H2,1-2H3,(H,30,35). The van der Waals surface area contributed by atoms with Crippen LogP contribution in [0.15, 0.2) is 59.1 Å². The van der Waals surface area contributed by atoms with Crippen LogP contribution in [-0.2, 0) is 11.3 Å². The lowest BCUT2D eigenvalue weighted by atomic mass is 9.95. The number of nitrogens with one attached hydrogen (secondary N) is 1. The summed E-state index contributed by atoms with van der Waals surface area (Å²) in [6.07, 6.45) is 4.20. The predicted molar refractivity (Wildman–Crippen MR) is 141 cm³/mol. The van der Waals surface area contributed by atoms with Gasteiger partial charge >= 0.3 is 0 Å². The normalized spacial score (nSPS) is 18.8. The first-order valence-electron chi connectivity index (χ1n) is 13.3. The lowest BCUT2D eigenvalue weighted by molar-refractivity contribution is -0.127. The number of likely N-dealkylation sites (tertiary alicyclic amines) is 1. The maximum Gasteiger partial charge on any atom is 0.241 e. The second kappa shape index (κ2) is 11.2. The monoisotopic (exact) mass is 487 g/mol. The van der Waals surface area contributed by atoms with E-state index in [0.717, 1.165) is 56.1 Å². The fourth-order valence-electron chi connectivity index (χ4n) is 5.22. The minimum Gasteiger partial charge on any atom is -0.372 e. The van der Waals surface area contributed by atoms with E-state index < -0.39 is 0 Å². The van der Waals surface area contributed by atoms with Crippen LogP contribution >= 0.6 is 0 Å². The molecule has 7 nitrogen and oxygen atoms in total. The van der Waals surface area contributed by atoms with Crippen molar-refractivity contribution >= 4 is 11.6 Å². The number of rotatable bonds is 7. The summed E-state index contributed by atoms with van der Waals surface area (Å²) in [5.41, 5.74) is 3.39. The number of hydrogen-bond acceptors (Lipinski definition) is 6. The molecule has 1 amide bonds. The first-order chi connectivity index (χ1) is 17.5. The molecule has 1 unspecified atom stereocenters. The van der Waals surface area contributed by atoms with Crippen LogP contribution in [0.5, 0.6) is 0 Å². The van der Waals surface area contributed by atoms with Crippen molar-refractivity contribution in [2.45, 2.75) is 52.1 Å². The van der Waals surface area contributed by atoms with Crippen molar-refractivity contribution in [2.75, 3.05) is 31.1 Å². The molecule has 0 saturated carbocycles. The summed E-state index contributed by atoms with van der Waals surface area (Å²) in [7, 11) is 0. The van der Waals surface area contributed by atoms with Crippen LogP contribution in [0.4, 0.5) is 5.69 Å². The van der Waals surface area contributed by atoms with Gasteiger partial charge in [0.25, 0.3) is 0 Å². The number of anilines is 1. The quantitative estimate of drug-likeness (QED) is 0.502. The van der Waals surface area contributed by atoms with Crippen LogP contribution in [0.3, 0.4) is 0 Å². The first kappa shape index (κ1) is 24.5. The summed E-state index contributed by atoms with van der Waals surface area (Å²) < 4.78 is 5.46. The van der Waals surface area contributed by atoms with Crippen LogP contribution in [0, 0.1) is 11.8 Å². The Morgan fingerprint density at radius 2 is 1.69 bits per heavy atom. The second-order valence-electron chi connectivity index (χ2n) is 10.4. The fraction of sp³-hybridized carbons (Fsp3) is 0.483. The molecule has 1 N–H and O–H groups in total. The molecule has 2 aliphatic heterocycles. The highest BCUT2D eigenvalue weighted by Crippen LogP contribution is 2.26. The van der Waals surface area contributed by atoms with Crippen molar-refractivity contribution < 1.29 is 9.32 Å². The summed E-state index contributed by atoms with van der Waals surface area (Å²) in [6.45, 7) is 8.98. The maximum absolute atomic E-state index is 13.0. The Hall–Kier alpha value is -3.19. The van der Waals surface area contributed by atoms with Crippen molar-refractivity contribution in [2.24, 2.45) is 11.8 Å². The van der Waals surface area contributed by atoms with E-state index in [4.69, 9.17) is 4.52 Å². The Kier molecular flexibility index (Phi) is 7.66. The van der Waals surface area contributed by atoms with E-state index in [1.54, 1.807) is 0 Å². The Bertz CT molecular complexity index is 1110. The summed E-state index contributed by atoms with van der Waals surface area (Å²) >= 11 is 0. The van der Waals surface area contributed by atoms with Crippen LogP contribution in [0.1, 0.15) is 57.0 Å². The Labute approximate surface area is 213 Å². The molecular formula is C29H37N5O2. The zero-order valence-electron chi connectivity index (χ0n) is 21.4. The van der Waals surface area contributed by atoms with Crippen LogP contribution in [-0.4, -0.2) is 47.1 Å². The van der Waals surface area contributed by atoms with E-state index in [2.05, 4.69) is 63.4 Å². The third-order valence-electron chi connectivity index (χ3n) is 7.72. The third-order valence-corrected chi connectivity index (χ3v) is 7.72. The first-order valence-corrected chi connectivity index (χ1v) is 13.3. The topological polar surface area (TPSA) is 74.5 Å². The largest absolute Gasteiger partial charge is 0.372 e. The van der Waals surface area contributed by atoms with Gasteiger partial charge < -0.3 is 14.7 Å². The van der Waals surface area contributed by atoms with Crippen LogP contribution in [0.2, 0.25) is 0 Å². The Morgan fingerprint density at radius 3 is 2.39 bits per heavy atom. The lowest BCUT2D eigenvalue weighted by Crippen LogP contribution is -2.41. The van der Waals surface area contributed by atoms with Crippen molar-refractivity contribution in [3.63, 3.8) is 0 Å². The molecule has 190 valence electrons. The average Bonchev–Trinajstić information content (AvgIpc) is 3.38. The minimum atomic E-state index is 0.000702. The van der Waals surface area contributed by atoms with E-state index in [9.17, 15) is 4.79 Å². The number of nitrogens with zero attached hydrogens (tertiary/aromatic N) is 4. The molecule has 2 fully saturated rings. The SMILES string of the molecule is CC1CCN(c2ccc(C(C)NC(=O)C3CCN(Cc4nc(-c5ccccc5)no4)CC3)cc2)CC1. The van der Waals surface area contributed by atoms with Gasteiger partial charge in [0.15, 0.2) is 0 Å². The van der Waals surface area contributed by atoms with Gasteiger partial charge in [-0.3, -0.25) is 9.69 Å². The van der Waals surface area contributed by atoms with Gasteiger partial charge in [-0.2, -0.15) is 4.98 Å². The van der Waals surface area contributed by atoms with Crippen LogP contribution < -0.4 is 10.2 Å². The summed E-state index contributed by atoms with van der Waals surface area (Å²) in [5, 5.41) is 7.36. The summed E-state index contributed by atoms with van der Waals surface area (Å²) in [5.74, 6) is 2.26. The molecular weight excluding hydrogens is 450 g/mol. The molecule has 2 aromatic carbocycles. The summed E-state index contributed by atoms with van der Waals surface area (Å²) in [4.78, 5) is 22.3. The summed E-state index contributed by atoms with van der Waals surface area (Å²) in [6, 6.07) is 18.6. The minimum absolute atomic E-state index is 0.000702. The number of aromatic nitrogens is 2. The van der Waals surface area contributed by atoms with E-state index in [0.29, 0.717) is 18.3 Å². The van der Waals surface area contributed by atoms with Gasteiger partial charge in [0.05, 0.1) is 12.6 Å². The van der Waals surface area contributed by atoms with Gasteiger partial charge in [0, 0.05) is 30.3 Å². The van der Waals surface area contributed by atoms with Gasteiger partial charge in [-0.05, 0) is 69.3 Å². The molecule has 0 bridgehead atoms. The molecule has 36 heavy (non-hydrogen) atoms. The van der Waals surface area contributed by atoms with E-state index in [1.807, 2.05) is 30.3 Å². The molecule has 0 aliphatic carbocycles. The van der Waals surface area contributed by atoms with E-state index in [1.165, 1.54) is 18.5 Å². The van der Waals surface area contributed by atoms with Crippen molar-refractivity contribution in [3.05, 3.63) is 66.1 Å². The molecule has 2 aliphatic rings. The van der Waals surface area contributed by atoms with E-state index in [-0.39, 0.29) is 17.9 Å². The molecule has 1 atom stereocenters. The number of piperidine rings is 2. The second-order valence-corrected chi connectivity index (χ2v) is 10.4. The van der Waals surface area contributed by atoms with Gasteiger partial charge in [-0.25, -0.2) is 0 Å². The zero-order valence-corrected chi connectivity index (χ0v) is 21.4. The number of amides is 1. The van der Waals surface area contributed by atoms with Crippen molar-refractivity contribution in [1.82, 2.24) is 20.4 Å². The van der Waals surface area contributed by atoms with Gasteiger partial charge in [0.1, 0.15) is 0 Å². The third kappa shape index (κ3) is 5.95. The molecule has 3 aromatic rings. The molecule has 0 spiro atoms. The highest BCUT2D eigenvalue weighted by atomic mass is 16.5. The number of carbonyl (C=O) groups excluding carboxylic acids is 1. The highest BCUT2D eigenvalue weighted by Gasteiger charge is 2.27. The van der Waals surface area contributed by atoms with Gasteiger partial charge in [-0.15, -0.1) is 0 Å². The molecule has 2 saturated heterocycles. The molecule has 5 rings (SSSR count). The maximum atomic E-state index is 13.0. The number of hydrogen-bond donors (Lipinski definition) is 1. The fourth-order valence-corrected chi connectivity index (χ4v) is 5.22. The van der Waals surface area contributed by atoms with Crippen molar-refractivity contribution in [1.29, 1.82) is 0 Å². The van der Waals surface area contributed by atoms with Gasteiger partial charge in [-0.1, -0.05) is 54.5 Å². The van der Waals surface area contributed by atoms with Crippen LogP contribution in [0.25, 0.3) is 11.4 Å². The smallest absolute Gasteiger partial charge is 0.241 e. The highest BCUT2D eigenvalue weighted by molar-refractivity contribution is 5.79. The van der Waals surface area contributed by atoms with E-state index >= 15 is 0 Å².